The van der Waals surface area contributed by atoms with Gasteiger partial charge >= 0.3 is 0 Å². The van der Waals surface area contributed by atoms with Gasteiger partial charge in [-0.25, -0.2) is 9.97 Å². The van der Waals surface area contributed by atoms with Crippen LogP contribution < -0.4 is 4.74 Å². The first kappa shape index (κ1) is 23.6. The van der Waals surface area contributed by atoms with Crippen molar-refractivity contribution in [3.63, 3.8) is 0 Å². The third-order valence-electron chi connectivity index (χ3n) is 5.62. The van der Waals surface area contributed by atoms with Gasteiger partial charge in [-0.2, -0.15) is 5.26 Å². The van der Waals surface area contributed by atoms with Crippen LogP contribution in [0.1, 0.15) is 35.4 Å². The SMILES string of the molecule is COCC(=O)Cc1cccc(Cc2nccc(-c3ccc(OC4CCOCC4)c(C#N)c3)n2)c1. The van der Waals surface area contributed by atoms with E-state index in [9.17, 15) is 10.1 Å². The van der Waals surface area contributed by atoms with E-state index < -0.39 is 0 Å². The number of hydrogen-bond donors (Lipinski definition) is 0. The van der Waals surface area contributed by atoms with E-state index in [-0.39, 0.29) is 18.5 Å². The highest BCUT2D eigenvalue weighted by molar-refractivity contribution is 5.82. The smallest absolute Gasteiger partial charge is 0.162 e. The van der Waals surface area contributed by atoms with Crippen molar-refractivity contribution in [2.24, 2.45) is 0 Å². The molecule has 0 N–H and O–H groups in total. The van der Waals surface area contributed by atoms with Crippen LogP contribution in [0.2, 0.25) is 0 Å². The molecular weight excluding hydrogens is 430 g/mol. The van der Waals surface area contributed by atoms with Gasteiger partial charge in [0.15, 0.2) is 5.78 Å². The standard InChI is InChI=1S/C27H27N3O4/c1-32-18-23(31)14-19-3-2-4-20(13-19)15-27-29-10-7-25(30-27)21-5-6-26(22(16-21)17-28)34-24-8-11-33-12-9-24/h2-7,10,13,16,24H,8-9,11-12,14-15,18H2,1H3. The maximum atomic E-state index is 11.9. The van der Waals surface area contributed by atoms with Crippen molar-refractivity contribution in [1.29, 1.82) is 5.26 Å². The van der Waals surface area contributed by atoms with Gasteiger partial charge in [-0.05, 0) is 35.4 Å². The zero-order chi connectivity index (χ0) is 23.8. The molecule has 7 heteroatoms. The van der Waals surface area contributed by atoms with Gasteiger partial charge in [0, 0.05) is 44.6 Å². The van der Waals surface area contributed by atoms with Gasteiger partial charge in [0.2, 0.25) is 0 Å². The summed E-state index contributed by atoms with van der Waals surface area (Å²) in [5, 5.41) is 9.67. The molecule has 2 heterocycles. The molecule has 174 valence electrons. The summed E-state index contributed by atoms with van der Waals surface area (Å²) >= 11 is 0. The van der Waals surface area contributed by atoms with Gasteiger partial charge in [0.25, 0.3) is 0 Å². The number of nitriles is 1. The lowest BCUT2D eigenvalue weighted by Gasteiger charge is -2.23. The lowest BCUT2D eigenvalue weighted by molar-refractivity contribution is -0.121. The lowest BCUT2D eigenvalue weighted by atomic mass is 10.0. The Labute approximate surface area is 199 Å². The van der Waals surface area contributed by atoms with Gasteiger partial charge < -0.3 is 14.2 Å². The molecule has 1 aliphatic heterocycles. The average Bonchev–Trinajstić information content (AvgIpc) is 2.85. The predicted molar refractivity (Wildman–Crippen MR) is 126 cm³/mol. The molecule has 1 saturated heterocycles. The third-order valence-corrected chi connectivity index (χ3v) is 5.62. The van der Waals surface area contributed by atoms with Gasteiger partial charge in [-0.1, -0.05) is 24.3 Å². The van der Waals surface area contributed by atoms with Gasteiger partial charge in [-0.15, -0.1) is 0 Å². The molecule has 34 heavy (non-hydrogen) atoms. The zero-order valence-electron chi connectivity index (χ0n) is 19.2. The largest absolute Gasteiger partial charge is 0.489 e. The number of rotatable bonds is 9. The summed E-state index contributed by atoms with van der Waals surface area (Å²) in [5.41, 5.74) is 4.02. The number of hydrogen-bond acceptors (Lipinski definition) is 7. The van der Waals surface area contributed by atoms with E-state index in [2.05, 4.69) is 11.1 Å². The molecule has 2 aromatic carbocycles. The second-order valence-electron chi connectivity index (χ2n) is 8.26. The zero-order valence-corrected chi connectivity index (χ0v) is 19.2. The van der Waals surface area contributed by atoms with E-state index in [4.69, 9.17) is 19.2 Å². The topological polar surface area (TPSA) is 94.3 Å². The fourth-order valence-electron chi connectivity index (χ4n) is 3.97. The summed E-state index contributed by atoms with van der Waals surface area (Å²) in [6, 6.07) is 17.5. The Balaban J connectivity index is 1.49. The Morgan fingerprint density at radius 3 is 2.76 bits per heavy atom. The van der Waals surface area contributed by atoms with Crippen LogP contribution in [-0.4, -0.2) is 48.8 Å². The summed E-state index contributed by atoms with van der Waals surface area (Å²) in [5.74, 6) is 1.29. The van der Waals surface area contributed by atoms with Crippen LogP contribution in [0, 0.1) is 11.3 Å². The molecule has 0 spiro atoms. The molecule has 0 amide bonds. The Bertz CT molecular complexity index is 1180. The van der Waals surface area contributed by atoms with Crippen LogP contribution in [0.3, 0.4) is 0 Å². The Morgan fingerprint density at radius 1 is 1.15 bits per heavy atom. The molecule has 0 bridgehead atoms. The Kier molecular flexibility index (Phi) is 7.97. The lowest BCUT2D eigenvalue weighted by Crippen LogP contribution is -2.26. The number of ether oxygens (including phenoxy) is 3. The Morgan fingerprint density at radius 2 is 1.97 bits per heavy atom. The van der Waals surface area contributed by atoms with Crippen molar-refractivity contribution in [1.82, 2.24) is 9.97 Å². The number of carbonyl (C=O) groups is 1. The van der Waals surface area contributed by atoms with Crippen molar-refractivity contribution in [2.45, 2.75) is 31.8 Å². The average molecular weight is 458 g/mol. The summed E-state index contributed by atoms with van der Waals surface area (Å²) in [6.07, 6.45) is 4.31. The van der Waals surface area contributed by atoms with Crippen molar-refractivity contribution < 1.29 is 19.0 Å². The molecule has 0 aliphatic carbocycles. The molecule has 0 saturated carbocycles. The number of ketones is 1. The normalized spacial score (nSPS) is 13.9. The molecule has 4 rings (SSSR count). The maximum Gasteiger partial charge on any atom is 0.162 e. The second-order valence-corrected chi connectivity index (χ2v) is 8.26. The second kappa shape index (κ2) is 11.5. The monoisotopic (exact) mass is 457 g/mol. The number of carbonyl (C=O) groups excluding carboxylic acids is 1. The van der Waals surface area contributed by atoms with Crippen LogP contribution >= 0.6 is 0 Å². The van der Waals surface area contributed by atoms with E-state index in [0.717, 1.165) is 35.2 Å². The van der Waals surface area contributed by atoms with Crippen molar-refractivity contribution in [2.75, 3.05) is 26.9 Å². The summed E-state index contributed by atoms with van der Waals surface area (Å²) < 4.78 is 16.4. The number of Topliss-reactive ketones (excluding diaryl/α,β-unsaturated/α-hetero) is 1. The molecule has 1 aliphatic rings. The minimum atomic E-state index is 0.0374. The summed E-state index contributed by atoms with van der Waals surface area (Å²) in [4.78, 5) is 21.0. The number of aromatic nitrogens is 2. The van der Waals surface area contributed by atoms with Gasteiger partial charge in [0.1, 0.15) is 30.4 Å². The molecule has 7 nitrogen and oxygen atoms in total. The Hall–Kier alpha value is -3.60. The summed E-state index contributed by atoms with van der Waals surface area (Å²) in [7, 11) is 1.52. The van der Waals surface area contributed by atoms with Crippen molar-refractivity contribution in [3.8, 4) is 23.1 Å². The van der Waals surface area contributed by atoms with E-state index in [1.54, 1.807) is 6.20 Å². The van der Waals surface area contributed by atoms with Crippen LogP contribution in [0.4, 0.5) is 0 Å². The minimum absolute atomic E-state index is 0.0374. The molecular formula is C27H27N3O4. The molecule has 0 atom stereocenters. The van der Waals surface area contributed by atoms with E-state index in [1.807, 2.05) is 48.5 Å². The highest BCUT2D eigenvalue weighted by Gasteiger charge is 2.17. The van der Waals surface area contributed by atoms with Gasteiger partial charge in [-0.3, -0.25) is 4.79 Å². The number of methoxy groups -OCH3 is 1. The van der Waals surface area contributed by atoms with E-state index in [1.165, 1.54) is 7.11 Å². The third kappa shape index (κ3) is 6.25. The van der Waals surface area contributed by atoms with Crippen LogP contribution in [0.15, 0.2) is 54.7 Å². The molecule has 0 unspecified atom stereocenters. The van der Waals surface area contributed by atoms with Crippen LogP contribution in [0.25, 0.3) is 11.3 Å². The van der Waals surface area contributed by atoms with Crippen molar-refractivity contribution in [3.05, 3.63) is 77.2 Å². The highest BCUT2D eigenvalue weighted by atomic mass is 16.5. The number of nitrogens with zero attached hydrogens (tertiary/aromatic N) is 3. The maximum absolute atomic E-state index is 11.9. The van der Waals surface area contributed by atoms with Crippen molar-refractivity contribution >= 4 is 5.78 Å². The number of benzene rings is 2. The van der Waals surface area contributed by atoms with E-state index >= 15 is 0 Å². The molecule has 1 fully saturated rings. The fraction of sp³-hybridized carbons (Fsp3) is 0.333. The fourth-order valence-corrected chi connectivity index (χ4v) is 3.97. The molecule has 3 aromatic rings. The van der Waals surface area contributed by atoms with Gasteiger partial charge in [0.05, 0.1) is 24.5 Å². The van der Waals surface area contributed by atoms with Crippen LogP contribution in [-0.2, 0) is 27.1 Å². The van der Waals surface area contributed by atoms with E-state index in [0.29, 0.717) is 43.2 Å². The highest BCUT2D eigenvalue weighted by Crippen LogP contribution is 2.27. The molecule has 1 aromatic heterocycles. The molecule has 0 radical (unpaired) electrons. The first-order valence-electron chi connectivity index (χ1n) is 11.3. The predicted octanol–water partition coefficient (Wildman–Crippen LogP) is 3.92. The summed E-state index contributed by atoms with van der Waals surface area (Å²) in [6.45, 7) is 1.47. The quantitative estimate of drug-likeness (QED) is 0.481. The first-order valence-corrected chi connectivity index (χ1v) is 11.3. The first-order chi connectivity index (χ1) is 16.6. The van der Waals surface area contributed by atoms with Crippen LogP contribution in [0.5, 0.6) is 5.75 Å². The minimum Gasteiger partial charge on any atom is -0.489 e.